The minimum Gasteiger partial charge on any atom is -0.467 e. The van der Waals surface area contributed by atoms with Crippen LogP contribution in [0, 0.1) is 10.1 Å². The molecule has 0 radical (unpaired) electrons. The quantitative estimate of drug-likeness (QED) is 0.441. The van der Waals surface area contributed by atoms with Crippen LogP contribution in [-0.2, 0) is 13.1 Å². The highest BCUT2D eigenvalue weighted by atomic mass is 32.1. The van der Waals surface area contributed by atoms with Gasteiger partial charge in [-0.25, -0.2) is 0 Å². The number of thiophene rings is 1. The molecule has 4 rings (SSSR count). The molecule has 0 spiro atoms. The van der Waals surface area contributed by atoms with Crippen LogP contribution in [0.3, 0.4) is 0 Å². The van der Waals surface area contributed by atoms with E-state index >= 15 is 0 Å². The molecule has 2 aromatic heterocycles. The van der Waals surface area contributed by atoms with Crippen LogP contribution in [0.25, 0.3) is 0 Å². The minimum absolute atomic E-state index is 0.0770. The second kappa shape index (κ2) is 7.85. The third-order valence-corrected chi connectivity index (χ3v) is 5.38. The van der Waals surface area contributed by atoms with Crippen LogP contribution < -0.4 is 5.32 Å². The van der Waals surface area contributed by atoms with Gasteiger partial charge in [-0.3, -0.25) is 14.9 Å². The molecular formula is C20H19N3O4S. The summed E-state index contributed by atoms with van der Waals surface area (Å²) in [5.74, 6) is 0.386. The largest absolute Gasteiger partial charge is 0.467 e. The van der Waals surface area contributed by atoms with Crippen LogP contribution in [0.15, 0.2) is 58.5 Å². The first-order valence-electron chi connectivity index (χ1n) is 8.99. The fourth-order valence-electron chi connectivity index (χ4n) is 2.95. The molecule has 8 heteroatoms. The standard InChI is InChI=1S/C20H19N3O4S/c24-20(14-5-8-18(21-15-6-7-15)19(11-14)23(25)26)22(12-16-3-1-9-27-16)13-17-4-2-10-28-17/h1-5,8-11,15,21H,6-7,12-13H2. The maximum atomic E-state index is 13.2. The highest BCUT2D eigenvalue weighted by molar-refractivity contribution is 7.09. The van der Waals surface area contributed by atoms with Gasteiger partial charge in [0.05, 0.1) is 24.3 Å². The third-order valence-electron chi connectivity index (χ3n) is 4.52. The number of hydrogen-bond acceptors (Lipinski definition) is 6. The number of carbonyl (C=O) groups is 1. The molecule has 0 unspecified atom stereocenters. The molecule has 3 aromatic rings. The normalized spacial score (nSPS) is 13.3. The average molecular weight is 397 g/mol. The van der Waals surface area contributed by atoms with E-state index in [9.17, 15) is 14.9 Å². The Bertz CT molecular complexity index is 929. The van der Waals surface area contributed by atoms with E-state index in [4.69, 9.17) is 4.42 Å². The molecule has 1 saturated carbocycles. The van der Waals surface area contributed by atoms with Crippen LogP contribution in [0.4, 0.5) is 11.4 Å². The van der Waals surface area contributed by atoms with E-state index in [1.54, 1.807) is 46.8 Å². The molecule has 7 nitrogen and oxygen atoms in total. The molecule has 2 heterocycles. The van der Waals surface area contributed by atoms with E-state index < -0.39 is 4.92 Å². The first-order chi connectivity index (χ1) is 13.6. The van der Waals surface area contributed by atoms with Crippen molar-refractivity contribution in [1.82, 2.24) is 4.90 Å². The molecule has 0 aliphatic heterocycles. The Labute approximate surface area is 165 Å². The van der Waals surface area contributed by atoms with Crippen LogP contribution in [0.2, 0.25) is 0 Å². The van der Waals surface area contributed by atoms with E-state index in [1.165, 1.54) is 6.07 Å². The fourth-order valence-corrected chi connectivity index (χ4v) is 3.67. The number of anilines is 1. The lowest BCUT2D eigenvalue weighted by Gasteiger charge is -2.21. The first-order valence-corrected chi connectivity index (χ1v) is 9.87. The summed E-state index contributed by atoms with van der Waals surface area (Å²) >= 11 is 1.56. The number of hydrogen-bond donors (Lipinski definition) is 1. The highest BCUT2D eigenvalue weighted by Gasteiger charge is 2.27. The van der Waals surface area contributed by atoms with Crippen molar-refractivity contribution in [3.05, 3.63) is 80.4 Å². The molecule has 1 fully saturated rings. The van der Waals surface area contributed by atoms with Gasteiger partial charge in [0, 0.05) is 22.5 Å². The van der Waals surface area contributed by atoms with E-state index in [0.717, 1.165) is 17.7 Å². The summed E-state index contributed by atoms with van der Waals surface area (Å²) in [6.07, 6.45) is 3.58. The predicted molar refractivity (Wildman–Crippen MR) is 106 cm³/mol. The van der Waals surface area contributed by atoms with E-state index in [0.29, 0.717) is 24.5 Å². The summed E-state index contributed by atoms with van der Waals surface area (Å²) in [4.78, 5) is 26.9. The summed E-state index contributed by atoms with van der Waals surface area (Å²) in [7, 11) is 0. The topological polar surface area (TPSA) is 88.6 Å². The van der Waals surface area contributed by atoms with Crippen molar-refractivity contribution in [3.8, 4) is 0 Å². The Hall–Kier alpha value is -3.13. The lowest BCUT2D eigenvalue weighted by molar-refractivity contribution is -0.384. The Balaban J connectivity index is 1.61. The van der Waals surface area contributed by atoms with Crippen LogP contribution in [0.5, 0.6) is 0 Å². The van der Waals surface area contributed by atoms with Gasteiger partial charge in [0.25, 0.3) is 11.6 Å². The number of nitrogens with one attached hydrogen (secondary N) is 1. The SMILES string of the molecule is O=C(c1ccc(NC2CC2)c([N+](=O)[O-])c1)N(Cc1ccco1)Cc1cccs1. The molecule has 144 valence electrons. The second-order valence-electron chi connectivity index (χ2n) is 6.73. The molecule has 0 saturated heterocycles. The Kier molecular flexibility index (Phi) is 5.12. The Morgan fingerprint density at radius 1 is 1.25 bits per heavy atom. The lowest BCUT2D eigenvalue weighted by atomic mass is 10.1. The van der Waals surface area contributed by atoms with Crippen molar-refractivity contribution < 1.29 is 14.1 Å². The molecule has 1 N–H and O–H groups in total. The van der Waals surface area contributed by atoms with Crippen molar-refractivity contribution in [2.24, 2.45) is 0 Å². The van der Waals surface area contributed by atoms with Gasteiger partial charge in [-0.05, 0) is 48.6 Å². The van der Waals surface area contributed by atoms with Gasteiger partial charge in [-0.1, -0.05) is 6.07 Å². The highest BCUT2D eigenvalue weighted by Crippen LogP contribution is 2.32. The summed E-state index contributed by atoms with van der Waals surface area (Å²) < 4.78 is 5.39. The Morgan fingerprint density at radius 2 is 2.11 bits per heavy atom. The smallest absolute Gasteiger partial charge is 0.293 e. The number of nitro benzene ring substituents is 1. The molecule has 1 aliphatic carbocycles. The van der Waals surface area contributed by atoms with Crippen molar-refractivity contribution in [2.45, 2.75) is 32.0 Å². The van der Waals surface area contributed by atoms with E-state index in [1.807, 2.05) is 17.5 Å². The van der Waals surface area contributed by atoms with Crippen molar-refractivity contribution >= 4 is 28.6 Å². The number of amides is 1. The summed E-state index contributed by atoms with van der Waals surface area (Å²) in [5, 5.41) is 16.6. The summed E-state index contributed by atoms with van der Waals surface area (Å²) in [6.45, 7) is 0.701. The first kappa shape index (κ1) is 18.2. The number of benzene rings is 1. The van der Waals surface area contributed by atoms with E-state index in [-0.39, 0.29) is 23.2 Å². The average Bonchev–Trinajstić information content (AvgIpc) is 3.13. The van der Waals surface area contributed by atoms with Crippen molar-refractivity contribution in [3.63, 3.8) is 0 Å². The van der Waals surface area contributed by atoms with Crippen LogP contribution in [-0.4, -0.2) is 21.8 Å². The number of nitrogens with zero attached hydrogens (tertiary/aromatic N) is 2. The van der Waals surface area contributed by atoms with E-state index in [2.05, 4.69) is 5.32 Å². The fraction of sp³-hybridized carbons (Fsp3) is 0.250. The second-order valence-corrected chi connectivity index (χ2v) is 7.76. The monoisotopic (exact) mass is 397 g/mol. The predicted octanol–water partition coefficient (Wildman–Crippen LogP) is 4.67. The number of furan rings is 1. The molecule has 1 amide bonds. The van der Waals surface area contributed by atoms with Gasteiger partial charge < -0.3 is 14.6 Å². The third kappa shape index (κ3) is 4.23. The van der Waals surface area contributed by atoms with Crippen LogP contribution >= 0.6 is 11.3 Å². The zero-order valence-corrected chi connectivity index (χ0v) is 15.9. The molecule has 0 bridgehead atoms. The van der Waals surface area contributed by atoms with Gasteiger partial charge in [-0.2, -0.15) is 0 Å². The van der Waals surface area contributed by atoms with Gasteiger partial charge in [-0.15, -0.1) is 11.3 Å². The molecule has 1 aromatic carbocycles. The lowest BCUT2D eigenvalue weighted by Crippen LogP contribution is -2.29. The van der Waals surface area contributed by atoms with Gasteiger partial charge in [0.2, 0.25) is 0 Å². The maximum absolute atomic E-state index is 13.2. The van der Waals surface area contributed by atoms with Gasteiger partial charge >= 0.3 is 0 Å². The summed E-state index contributed by atoms with van der Waals surface area (Å²) in [5.41, 5.74) is 0.669. The molecular weight excluding hydrogens is 378 g/mol. The minimum atomic E-state index is -0.447. The number of rotatable bonds is 8. The van der Waals surface area contributed by atoms with Gasteiger partial charge in [0.15, 0.2) is 0 Å². The zero-order chi connectivity index (χ0) is 19.5. The molecule has 28 heavy (non-hydrogen) atoms. The number of carbonyl (C=O) groups excluding carboxylic acids is 1. The maximum Gasteiger partial charge on any atom is 0.293 e. The summed E-state index contributed by atoms with van der Waals surface area (Å²) in [6, 6.07) is 12.4. The molecule has 1 aliphatic rings. The van der Waals surface area contributed by atoms with Crippen LogP contribution in [0.1, 0.15) is 33.8 Å². The van der Waals surface area contributed by atoms with Crippen molar-refractivity contribution in [2.75, 3.05) is 5.32 Å². The molecule has 0 atom stereocenters. The van der Waals surface area contributed by atoms with Gasteiger partial charge in [0.1, 0.15) is 11.4 Å². The zero-order valence-electron chi connectivity index (χ0n) is 15.0. The Morgan fingerprint density at radius 3 is 2.75 bits per heavy atom. The number of nitro groups is 1. The van der Waals surface area contributed by atoms with Crippen molar-refractivity contribution in [1.29, 1.82) is 0 Å².